The molecule has 1 heterocycles. The van der Waals surface area contributed by atoms with Crippen molar-refractivity contribution in [2.45, 2.75) is 180 Å². The minimum atomic E-state index is 0.0134. The van der Waals surface area contributed by atoms with E-state index in [-0.39, 0.29) is 12.1 Å². The highest BCUT2D eigenvalue weighted by atomic mass is 16.5. The summed E-state index contributed by atoms with van der Waals surface area (Å²) in [4.78, 5) is 17.4. The molecule has 2 saturated carbocycles. The molecule has 0 spiro atoms. The summed E-state index contributed by atoms with van der Waals surface area (Å²) < 4.78 is 12.2. The van der Waals surface area contributed by atoms with Gasteiger partial charge in [0.05, 0.1) is 6.04 Å². The van der Waals surface area contributed by atoms with Gasteiger partial charge in [-0.25, -0.2) is 4.99 Å². The second kappa shape index (κ2) is 17.4. The van der Waals surface area contributed by atoms with Crippen molar-refractivity contribution in [3.63, 3.8) is 0 Å². The maximum atomic E-state index is 12.3. The van der Waals surface area contributed by atoms with Gasteiger partial charge < -0.3 is 9.47 Å². The molecule has 2 fully saturated rings. The Balaban J connectivity index is 1.26. The lowest BCUT2D eigenvalue weighted by molar-refractivity contribution is -0.150. The molecular formula is C32H57NO3. The molecule has 36 heavy (non-hydrogen) atoms. The molecule has 1 aliphatic heterocycles. The van der Waals surface area contributed by atoms with Gasteiger partial charge in [0.25, 0.3) is 0 Å². The number of ether oxygens (including phenoxy) is 2. The zero-order valence-electron chi connectivity index (χ0n) is 23.8. The van der Waals surface area contributed by atoms with Gasteiger partial charge in [0.1, 0.15) is 12.2 Å². The van der Waals surface area contributed by atoms with Crippen molar-refractivity contribution in [3.8, 4) is 0 Å². The molecule has 0 bridgehead atoms. The maximum absolute atomic E-state index is 12.3. The number of unbranched alkanes of at least 4 members (excludes halogenated alkanes) is 12. The third-order valence-corrected chi connectivity index (χ3v) is 8.95. The van der Waals surface area contributed by atoms with Gasteiger partial charge in [-0.2, -0.15) is 0 Å². The highest BCUT2D eigenvalue weighted by Gasteiger charge is 2.39. The molecule has 0 saturated heterocycles. The molecule has 3 unspecified atom stereocenters. The predicted molar refractivity (Wildman–Crippen MR) is 150 cm³/mol. The largest absolute Gasteiger partial charge is 0.475 e. The van der Waals surface area contributed by atoms with Crippen LogP contribution in [0.1, 0.15) is 162 Å². The Morgan fingerprint density at radius 2 is 1.39 bits per heavy atom. The number of rotatable bonds is 18. The average molecular weight is 504 g/mol. The lowest BCUT2D eigenvalue weighted by Crippen LogP contribution is -2.32. The Hall–Kier alpha value is -1.06. The van der Waals surface area contributed by atoms with Crippen molar-refractivity contribution >= 4 is 11.9 Å². The van der Waals surface area contributed by atoms with Gasteiger partial charge in [-0.3, -0.25) is 4.79 Å². The van der Waals surface area contributed by atoms with E-state index in [1.165, 1.54) is 103 Å². The number of hydrogen-bond donors (Lipinski definition) is 0. The van der Waals surface area contributed by atoms with Crippen LogP contribution in [0.25, 0.3) is 0 Å². The summed E-state index contributed by atoms with van der Waals surface area (Å²) in [5, 5.41) is 0. The number of esters is 1. The quantitative estimate of drug-likeness (QED) is 0.138. The minimum Gasteiger partial charge on any atom is -0.475 e. The van der Waals surface area contributed by atoms with Crippen molar-refractivity contribution in [1.29, 1.82) is 0 Å². The molecule has 3 atom stereocenters. The first-order valence-corrected chi connectivity index (χ1v) is 16.1. The normalized spacial score (nSPS) is 27.8. The van der Waals surface area contributed by atoms with Crippen LogP contribution in [-0.4, -0.2) is 30.1 Å². The first kappa shape index (κ1) is 29.5. The van der Waals surface area contributed by atoms with Crippen LogP contribution in [-0.2, 0) is 14.3 Å². The Morgan fingerprint density at radius 1 is 0.778 bits per heavy atom. The SMILES string of the molecule is CCCCCCCCCC(=O)OC1CCC(C2=NC3CC(CCCCCCCCC)CCC3O2)CC1. The van der Waals surface area contributed by atoms with Crippen LogP contribution in [0.4, 0.5) is 0 Å². The summed E-state index contributed by atoms with van der Waals surface area (Å²) in [5.74, 6) is 2.34. The number of carbonyl (C=O) groups excluding carboxylic acids is 1. The molecule has 3 rings (SSSR count). The van der Waals surface area contributed by atoms with Crippen molar-refractivity contribution in [1.82, 2.24) is 0 Å². The van der Waals surface area contributed by atoms with E-state index >= 15 is 0 Å². The summed E-state index contributed by atoms with van der Waals surface area (Å²) in [6.07, 6.45) is 28.6. The van der Waals surface area contributed by atoms with Crippen molar-refractivity contribution in [2.24, 2.45) is 16.8 Å². The first-order chi connectivity index (χ1) is 17.7. The van der Waals surface area contributed by atoms with Gasteiger partial charge in [-0.15, -0.1) is 0 Å². The highest BCUT2D eigenvalue weighted by Crippen LogP contribution is 2.38. The van der Waals surface area contributed by atoms with Gasteiger partial charge in [0.15, 0.2) is 5.90 Å². The zero-order valence-corrected chi connectivity index (χ0v) is 23.8. The fraction of sp³-hybridized carbons (Fsp3) is 0.938. The molecule has 2 aliphatic carbocycles. The van der Waals surface area contributed by atoms with E-state index < -0.39 is 0 Å². The first-order valence-electron chi connectivity index (χ1n) is 16.1. The number of nitrogens with zero attached hydrogens (tertiary/aromatic N) is 1. The van der Waals surface area contributed by atoms with E-state index in [1.807, 2.05) is 0 Å². The Labute approximate surface area is 222 Å². The lowest BCUT2D eigenvalue weighted by Gasteiger charge is -2.30. The van der Waals surface area contributed by atoms with Gasteiger partial charge in [-0.05, 0) is 57.3 Å². The summed E-state index contributed by atoms with van der Waals surface area (Å²) in [6.45, 7) is 4.54. The van der Waals surface area contributed by atoms with Gasteiger partial charge in [0.2, 0.25) is 0 Å². The third-order valence-electron chi connectivity index (χ3n) is 8.95. The number of aliphatic imine (C=N–C) groups is 1. The second-order valence-electron chi connectivity index (χ2n) is 12.1. The molecule has 0 radical (unpaired) electrons. The summed E-state index contributed by atoms with van der Waals surface area (Å²) in [5.41, 5.74) is 0. The predicted octanol–water partition coefficient (Wildman–Crippen LogP) is 9.34. The van der Waals surface area contributed by atoms with E-state index in [0.717, 1.165) is 50.3 Å². The average Bonchev–Trinajstić information content (AvgIpc) is 3.31. The number of fused-ring (bicyclic) bond motifs is 1. The van der Waals surface area contributed by atoms with Crippen LogP contribution in [0.2, 0.25) is 0 Å². The topological polar surface area (TPSA) is 47.9 Å². The fourth-order valence-electron chi connectivity index (χ4n) is 6.58. The van der Waals surface area contributed by atoms with Crippen LogP contribution in [0.15, 0.2) is 4.99 Å². The lowest BCUT2D eigenvalue weighted by atomic mass is 9.81. The Bertz CT molecular complexity index is 625. The van der Waals surface area contributed by atoms with Crippen molar-refractivity contribution in [2.75, 3.05) is 0 Å². The second-order valence-corrected chi connectivity index (χ2v) is 12.1. The van der Waals surface area contributed by atoms with E-state index in [1.54, 1.807) is 0 Å². The Morgan fingerprint density at radius 3 is 2.06 bits per heavy atom. The molecule has 0 N–H and O–H groups in total. The monoisotopic (exact) mass is 503 g/mol. The molecule has 0 aromatic carbocycles. The molecule has 0 aromatic heterocycles. The summed E-state index contributed by atoms with van der Waals surface area (Å²) in [7, 11) is 0. The third kappa shape index (κ3) is 10.7. The highest BCUT2D eigenvalue weighted by molar-refractivity contribution is 5.80. The molecule has 0 aromatic rings. The van der Waals surface area contributed by atoms with Crippen LogP contribution >= 0.6 is 0 Å². The van der Waals surface area contributed by atoms with Gasteiger partial charge >= 0.3 is 5.97 Å². The molecule has 4 nitrogen and oxygen atoms in total. The van der Waals surface area contributed by atoms with Crippen LogP contribution in [0, 0.1) is 11.8 Å². The van der Waals surface area contributed by atoms with Crippen LogP contribution in [0.5, 0.6) is 0 Å². The fourth-order valence-corrected chi connectivity index (χ4v) is 6.58. The van der Waals surface area contributed by atoms with Crippen molar-refractivity contribution < 1.29 is 14.3 Å². The van der Waals surface area contributed by atoms with Crippen LogP contribution < -0.4 is 0 Å². The summed E-state index contributed by atoms with van der Waals surface area (Å²) >= 11 is 0. The Kier molecular flexibility index (Phi) is 14.3. The standard InChI is InChI=1S/C32H57NO3/c1-3-5-7-9-11-13-15-17-26-19-24-30-29(25-26)33-32(36-30)27-20-22-28(23-21-27)35-31(34)18-16-14-12-10-8-6-4-2/h26-30H,3-25H2,1-2H3. The van der Waals surface area contributed by atoms with Crippen molar-refractivity contribution in [3.05, 3.63) is 0 Å². The molecule has 208 valence electrons. The van der Waals surface area contributed by atoms with E-state index in [9.17, 15) is 4.79 Å². The summed E-state index contributed by atoms with van der Waals surface area (Å²) in [6, 6.07) is 0.404. The number of carbonyl (C=O) groups is 1. The molecule has 4 heteroatoms. The number of hydrogen-bond acceptors (Lipinski definition) is 4. The molecule has 0 amide bonds. The van der Waals surface area contributed by atoms with Gasteiger partial charge in [-0.1, -0.05) is 104 Å². The molecular weight excluding hydrogens is 446 g/mol. The van der Waals surface area contributed by atoms with Crippen LogP contribution in [0.3, 0.4) is 0 Å². The molecule has 3 aliphatic rings. The maximum Gasteiger partial charge on any atom is 0.306 e. The van der Waals surface area contributed by atoms with E-state index in [4.69, 9.17) is 14.5 Å². The van der Waals surface area contributed by atoms with Gasteiger partial charge in [0, 0.05) is 12.3 Å². The smallest absolute Gasteiger partial charge is 0.306 e. The van der Waals surface area contributed by atoms with E-state index in [2.05, 4.69) is 13.8 Å². The zero-order chi connectivity index (χ0) is 25.4. The van der Waals surface area contributed by atoms with E-state index in [0.29, 0.717) is 24.5 Å². The minimum absolute atomic E-state index is 0.0134.